The first-order valence-corrected chi connectivity index (χ1v) is 8.23. The molecule has 0 atom stereocenters. The third-order valence-corrected chi connectivity index (χ3v) is 4.84. The van der Waals surface area contributed by atoms with Gasteiger partial charge >= 0.3 is 0 Å². The predicted molar refractivity (Wildman–Crippen MR) is 69.5 cm³/mol. The first-order valence-electron chi connectivity index (χ1n) is 6.62. The third-order valence-electron chi connectivity index (χ3n) is 3.00. The van der Waals surface area contributed by atoms with E-state index < -0.39 is 10.0 Å². The van der Waals surface area contributed by atoms with Crippen molar-refractivity contribution in [3.05, 3.63) is 0 Å². The van der Waals surface area contributed by atoms with Crippen LogP contribution in [0.1, 0.15) is 46.0 Å². The Labute approximate surface area is 105 Å². The Morgan fingerprint density at radius 2 is 1.59 bits per heavy atom. The Morgan fingerprint density at radius 3 is 2.12 bits per heavy atom. The summed E-state index contributed by atoms with van der Waals surface area (Å²) in [6.45, 7) is 5.51. The first-order chi connectivity index (χ1) is 8.02. The fraction of sp³-hybridized carbons (Fsp3) is 1.00. The van der Waals surface area contributed by atoms with Crippen LogP contribution in [-0.2, 0) is 14.8 Å². The maximum Gasteiger partial charge on any atom is 0.216 e. The van der Waals surface area contributed by atoms with E-state index in [1.54, 1.807) is 4.31 Å². The smallest absolute Gasteiger partial charge is 0.216 e. The second kappa shape index (κ2) is 7.34. The second-order valence-corrected chi connectivity index (χ2v) is 6.99. The molecule has 1 saturated heterocycles. The average Bonchev–Trinajstić information content (AvgIpc) is 2.14. The van der Waals surface area contributed by atoms with Crippen molar-refractivity contribution in [1.29, 1.82) is 0 Å². The van der Waals surface area contributed by atoms with E-state index in [-0.39, 0.29) is 11.9 Å². The van der Waals surface area contributed by atoms with Gasteiger partial charge in [0.05, 0.1) is 18.5 Å². The van der Waals surface area contributed by atoms with Gasteiger partial charge in [0.15, 0.2) is 0 Å². The molecule has 0 aromatic carbocycles. The Kier molecular flexibility index (Phi) is 6.44. The van der Waals surface area contributed by atoms with Crippen molar-refractivity contribution in [2.24, 2.45) is 0 Å². The minimum absolute atomic E-state index is 0.0949. The van der Waals surface area contributed by atoms with Crippen molar-refractivity contribution in [3.8, 4) is 0 Å². The fourth-order valence-corrected chi connectivity index (χ4v) is 3.39. The van der Waals surface area contributed by atoms with Gasteiger partial charge in [0.1, 0.15) is 0 Å². The molecule has 0 radical (unpaired) electrons. The lowest BCUT2D eigenvalue weighted by Crippen LogP contribution is -2.36. The van der Waals surface area contributed by atoms with Gasteiger partial charge in [0.25, 0.3) is 0 Å². The van der Waals surface area contributed by atoms with Crippen molar-refractivity contribution in [1.82, 2.24) is 4.31 Å². The largest absolute Gasteiger partial charge is 0.378 e. The summed E-state index contributed by atoms with van der Waals surface area (Å²) < 4.78 is 31.1. The van der Waals surface area contributed by atoms with Crippen LogP contribution in [0.25, 0.3) is 0 Å². The number of nitrogens with zero attached hydrogens (tertiary/aromatic N) is 1. The van der Waals surface area contributed by atoms with Gasteiger partial charge in [-0.2, -0.15) is 0 Å². The Hall–Kier alpha value is -0.130. The molecule has 1 rings (SSSR count). The number of sulfonamides is 1. The molecular weight excluding hydrogens is 238 g/mol. The fourth-order valence-electron chi connectivity index (χ4n) is 2.01. The van der Waals surface area contributed by atoms with Gasteiger partial charge in [0.2, 0.25) is 10.0 Å². The van der Waals surface area contributed by atoms with Crippen LogP contribution in [0.4, 0.5) is 0 Å². The molecule has 4 nitrogen and oxygen atoms in total. The normalized spacial score (nSPS) is 20.2. The van der Waals surface area contributed by atoms with Crippen molar-refractivity contribution in [2.75, 3.05) is 25.4 Å². The maximum absolute atomic E-state index is 12.1. The van der Waals surface area contributed by atoms with Crippen molar-refractivity contribution in [2.45, 2.75) is 52.1 Å². The molecule has 0 aromatic rings. The summed E-state index contributed by atoms with van der Waals surface area (Å²) in [7, 11) is -3.11. The standard InChI is InChI=1S/C12H25NO3S/c1-12(2)16-10-11-17(14,15)13-8-6-4-3-5-7-9-13/h12H,3-11H2,1-2H3. The Bertz CT molecular complexity index is 293. The van der Waals surface area contributed by atoms with E-state index in [0.29, 0.717) is 19.7 Å². The molecule has 102 valence electrons. The minimum Gasteiger partial charge on any atom is -0.378 e. The lowest BCUT2D eigenvalue weighted by atomic mass is 10.1. The van der Waals surface area contributed by atoms with E-state index in [9.17, 15) is 8.42 Å². The zero-order valence-electron chi connectivity index (χ0n) is 11.0. The van der Waals surface area contributed by atoms with Crippen LogP contribution >= 0.6 is 0 Å². The van der Waals surface area contributed by atoms with Crippen LogP contribution in [0.3, 0.4) is 0 Å². The molecule has 17 heavy (non-hydrogen) atoms. The Morgan fingerprint density at radius 1 is 1.06 bits per heavy atom. The van der Waals surface area contributed by atoms with Crippen molar-refractivity contribution in [3.63, 3.8) is 0 Å². The predicted octanol–water partition coefficient (Wildman–Crippen LogP) is 2.01. The third kappa shape index (κ3) is 5.84. The molecule has 0 spiro atoms. The summed E-state index contributed by atoms with van der Waals surface area (Å²) in [4.78, 5) is 0. The maximum atomic E-state index is 12.1. The lowest BCUT2D eigenvalue weighted by Gasteiger charge is -2.24. The number of ether oxygens (including phenoxy) is 1. The monoisotopic (exact) mass is 263 g/mol. The molecule has 0 amide bonds. The van der Waals surface area contributed by atoms with Crippen LogP contribution in [0.5, 0.6) is 0 Å². The molecular formula is C12H25NO3S. The number of rotatable bonds is 5. The van der Waals surface area contributed by atoms with E-state index in [2.05, 4.69) is 0 Å². The zero-order valence-corrected chi connectivity index (χ0v) is 11.8. The summed E-state index contributed by atoms with van der Waals surface area (Å²) in [6, 6.07) is 0. The van der Waals surface area contributed by atoms with E-state index in [1.807, 2.05) is 13.8 Å². The van der Waals surface area contributed by atoms with E-state index >= 15 is 0 Å². The highest BCUT2D eigenvalue weighted by Gasteiger charge is 2.22. The quantitative estimate of drug-likeness (QED) is 0.762. The first kappa shape index (κ1) is 14.9. The molecule has 0 saturated carbocycles. The molecule has 0 bridgehead atoms. The molecule has 1 fully saturated rings. The molecule has 0 aliphatic carbocycles. The van der Waals surface area contributed by atoms with E-state index in [4.69, 9.17) is 4.74 Å². The van der Waals surface area contributed by atoms with Gasteiger partial charge in [-0.15, -0.1) is 0 Å². The van der Waals surface area contributed by atoms with Gasteiger partial charge in [0, 0.05) is 13.1 Å². The van der Waals surface area contributed by atoms with Gasteiger partial charge in [-0.25, -0.2) is 12.7 Å². The summed E-state index contributed by atoms with van der Waals surface area (Å²) in [5.41, 5.74) is 0. The lowest BCUT2D eigenvalue weighted by molar-refractivity contribution is 0.0906. The van der Waals surface area contributed by atoms with E-state index in [1.165, 1.54) is 6.42 Å². The minimum atomic E-state index is -3.11. The average molecular weight is 263 g/mol. The molecule has 0 N–H and O–H groups in total. The van der Waals surface area contributed by atoms with Crippen LogP contribution in [0, 0.1) is 0 Å². The van der Waals surface area contributed by atoms with Crippen molar-refractivity contribution < 1.29 is 13.2 Å². The SMILES string of the molecule is CC(C)OCCS(=O)(=O)N1CCCCCCC1. The number of hydrogen-bond donors (Lipinski definition) is 0. The molecule has 1 heterocycles. The summed E-state index contributed by atoms with van der Waals surface area (Å²) in [6.07, 6.45) is 5.61. The number of hydrogen-bond acceptors (Lipinski definition) is 3. The molecule has 1 aliphatic rings. The highest BCUT2D eigenvalue weighted by molar-refractivity contribution is 7.89. The van der Waals surface area contributed by atoms with Crippen molar-refractivity contribution >= 4 is 10.0 Å². The second-order valence-electron chi connectivity index (χ2n) is 4.90. The molecule has 5 heteroatoms. The van der Waals surface area contributed by atoms with Crippen LogP contribution in [0.2, 0.25) is 0 Å². The van der Waals surface area contributed by atoms with Crippen LogP contribution in [-0.4, -0.2) is 44.3 Å². The summed E-state index contributed by atoms with van der Waals surface area (Å²) in [5, 5.41) is 0. The topological polar surface area (TPSA) is 46.6 Å². The summed E-state index contributed by atoms with van der Waals surface area (Å²) in [5.74, 6) is 0.116. The van der Waals surface area contributed by atoms with Gasteiger partial charge in [-0.1, -0.05) is 19.3 Å². The molecule has 1 aliphatic heterocycles. The summed E-state index contributed by atoms with van der Waals surface area (Å²) >= 11 is 0. The van der Waals surface area contributed by atoms with E-state index in [0.717, 1.165) is 25.7 Å². The highest BCUT2D eigenvalue weighted by atomic mass is 32.2. The molecule has 0 aromatic heterocycles. The van der Waals surface area contributed by atoms with Gasteiger partial charge in [-0.05, 0) is 26.7 Å². The van der Waals surface area contributed by atoms with Gasteiger partial charge in [-0.3, -0.25) is 0 Å². The highest BCUT2D eigenvalue weighted by Crippen LogP contribution is 2.13. The Balaban J connectivity index is 2.43. The zero-order chi connectivity index (χ0) is 12.7. The van der Waals surface area contributed by atoms with Crippen LogP contribution < -0.4 is 0 Å². The van der Waals surface area contributed by atoms with Gasteiger partial charge < -0.3 is 4.74 Å². The van der Waals surface area contributed by atoms with Crippen LogP contribution in [0.15, 0.2) is 0 Å². The molecule has 0 unspecified atom stereocenters.